The zero-order chi connectivity index (χ0) is 19.1. The number of hydrogen-bond donors (Lipinski definition) is 1. The zero-order valence-electron chi connectivity index (χ0n) is 15.1. The van der Waals surface area contributed by atoms with Crippen LogP contribution in [0.3, 0.4) is 0 Å². The predicted octanol–water partition coefficient (Wildman–Crippen LogP) is 4.48. The van der Waals surface area contributed by atoms with Crippen molar-refractivity contribution in [3.63, 3.8) is 0 Å². The van der Waals surface area contributed by atoms with Gasteiger partial charge in [-0.15, -0.1) is 6.58 Å². The van der Waals surface area contributed by atoms with E-state index in [1.54, 1.807) is 7.11 Å². The zero-order valence-corrected chi connectivity index (χ0v) is 15.9. The largest absolute Gasteiger partial charge is 0.497 e. The molecule has 2 aromatic carbocycles. The minimum Gasteiger partial charge on any atom is -0.497 e. The second-order valence-corrected chi connectivity index (χ2v) is 6.70. The summed E-state index contributed by atoms with van der Waals surface area (Å²) in [5.41, 5.74) is 2.80. The van der Waals surface area contributed by atoms with E-state index in [9.17, 15) is 4.79 Å². The molecule has 0 saturated heterocycles. The lowest BCUT2D eigenvalue weighted by atomic mass is 10.1. The van der Waals surface area contributed by atoms with Crippen molar-refractivity contribution in [3.05, 3.63) is 73.4 Å². The number of nitrogens with one attached hydrogen (secondary N) is 1. The number of ether oxygens (including phenoxy) is 1. The summed E-state index contributed by atoms with van der Waals surface area (Å²) in [6.07, 6.45) is 3.64. The minimum atomic E-state index is -0.0645. The number of imidazole rings is 1. The SMILES string of the molecule is C=CCn1c(-c2ccc(OC)cc2)cnc1SCC(=O)Nc1ccccc1. The number of methoxy groups -OCH3 is 1. The summed E-state index contributed by atoms with van der Waals surface area (Å²) >= 11 is 1.40. The second kappa shape index (κ2) is 9.09. The Kier molecular flexibility index (Phi) is 6.33. The number of carbonyl (C=O) groups excluding carboxylic acids is 1. The third-order valence-electron chi connectivity index (χ3n) is 3.91. The average molecular weight is 379 g/mol. The summed E-state index contributed by atoms with van der Waals surface area (Å²) in [5, 5.41) is 3.67. The van der Waals surface area contributed by atoms with Crippen LogP contribution >= 0.6 is 11.8 Å². The van der Waals surface area contributed by atoms with E-state index >= 15 is 0 Å². The van der Waals surface area contributed by atoms with E-state index in [2.05, 4.69) is 21.4 Å². The molecule has 1 N–H and O–H groups in total. The molecule has 0 aliphatic heterocycles. The molecule has 3 rings (SSSR count). The Morgan fingerprint density at radius 3 is 2.63 bits per heavy atom. The molecule has 0 aliphatic carbocycles. The topological polar surface area (TPSA) is 56.2 Å². The van der Waals surface area contributed by atoms with Gasteiger partial charge in [-0.3, -0.25) is 4.79 Å². The number of allylic oxidation sites excluding steroid dienone is 1. The molecule has 0 aliphatic rings. The van der Waals surface area contributed by atoms with Gasteiger partial charge in [0, 0.05) is 17.8 Å². The average Bonchev–Trinajstić information content (AvgIpc) is 3.10. The number of amides is 1. The van der Waals surface area contributed by atoms with E-state index in [0.717, 1.165) is 27.9 Å². The third-order valence-corrected chi connectivity index (χ3v) is 4.90. The van der Waals surface area contributed by atoms with Gasteiger partial charge in [-0.1, -0.05) is 36.0 Å². The molecule has 3 aromatic rings. The number of rotatable bonds is 8. The minimum absolute atomic E-state index is 0.0645. The van der Waals surface area contributed by atoms with Crippen molar-refractivity contribution in [1.29, 1.82) is 0 Å². The summed E-state index contributed by atoms with van der Waals surface area (Å²) in [6, 6.07) is 17.2. The molecule has 0 saturated carbocycles. The highest BCUT2D eigenvalue weighted by Crippen LogP contribution is 2.27. The number of anilines is 1. The molecule has 1 amide bonds. The molecule has 0 radical (unpaired) electrons. The van der Waals surface area contributed by atoms with Crippen LogP contribution in [0.5, 0.6) is 5.75 Å². The first-order valence-corrected chi connectivity index (χ1v) is 9.48. The van der Waals surface area contributed by atoms with Gasteiger partial charge in [-0.25, -0.2) is 4.98 Å². The molecule has 0 fully saturated rings. The van der Waals surface area contributed by atoms with Gasteiger partial charge < -0.3 is 14.6 Å². The van der Waals surface area contributed by atoms with Crippen molar-refractivity contribution in [2.75, 3.05) is 18.2 Å². The highest BCUT2D eigenvalue weighted by atomic mass is 32.2. The molecule has 0 bridgehead atoms. The summed E-state index contributed by atoms with van der Waals surface area (Å²) in [4.78, 5) is 16.7. The van der Waals surface area contributed by atoms with E-state index in [1.165, 1.54) is 11.8 Å². The molecule has 0 spiro atoms. The van der Waals surface area contributed by atoms with Gasteiger partial charge in [0.2, 0.25) is 5.91 Å². The van der Waals surface area contributed by atoms with Crippen molar-refractivity contribution in [3.8, 4) is 17.0 Å². The predicted molar refractivity (Wildman–Crippen MR) is 110 cm³/mol. The first-order chi connectivity index (χ1) is 13.2. The van der Waals surface area contributed by atoms with Gasteiger partial charge >= 0.3 is 0 Å². The Balaban J connectivity index is 1.72. The van der Waals surface area contributed by atoms with Crippen LogP contribution in [0.25, 0.3) is 11.3 Å². The normalized spacial score (nSPS) is 10.4. The van der Waals surface area contributed by atoms with Crippen LogP contribution in [-0.4, -0.2) is 28.3 Å². The summed E-state index contributed by atoms with van der Waals surface area (Å²) in [6.45, 7) is 4.45. The number of thioether (sulfide) groups is 1. The number of aromatic nitrogens is 2. The lowest BCUT2D eigenvalue weighted by molar-refractivity contribution is -0.113. The number of para-hydroxylation sites is 1. The fourth-order valence-corrected chi connectivity index (χ4v) is 3.41. The van der Waals surface area contributed by atoms with Crippen LogP contribution in [0.15, 0.2) is 78.6 Å². The Bertz CT molecular complexity index is 905. The van der Waals surface area contributed by atoms with Crippen molar-refractivity contribution in [2.45, 2.75) is 11.7 Å². The number of hydrogen-bond acceptors (Lipinski definition) is 4. The fourth-order valence-electron chi connectivity index (χ4n) is 2.62. The summed E-state index contributed by atoms with van der Waals surface area (Å²) in [5.74, 6) is 1.02. The second-order valence-electron chi connectivity index (χ2n) is 5.76. The number of carbonyl (C=O) groups is 1. The van der Waals surface area contributed by atoms with E-state index in [0.29, 0.717) is 6.54 Å². The smallest absolute Gasteiger partial charge is 0.234 e. The molecular formula is C21H21N3O2S. The van der Waals surface area contributed by atoms with Gasteiger partial charge in [0.15, 0.2) is 5.16 Å². The van der Waals surface area contributed by atoms with Gasteiger partial charge in [0.1, 0.15) is 5.75 Å². The highest BCUT2D eigenvalue weighted by Gasteiger charge is 2.13. The molecule has 0 unspecified atom stereocenters. The molecule has 138 valence electrons. The van der Waals surface area contributed by atoms with E-state index in [4.69, 9.17) is 4.74 Å². The van der Waals surface area contributed by atoms with Crippen LogP contribution in [0, 0.1) is 0 Å². The van der Waals surface area contributed by atoms with Crippen LogP contribution in [0.2, 0.25) is 0 Å². The third kappa shape index (κ3) is 4.80. The van der Waals surface area contributed by atoms with Crippen LogP contribution in [0.1, 0.15) is 0 Å². The molecule has 27 heavy (non-hydrogen) atoms. The maximum atomic E-state index is 12.2. The Morgan fingerprint density at radius 2 is 1.96 bits per heavy atom. The Morgan fingerprint density at radius 1 is 1.22 bits per heavy atom. The van der Waals surface area contributed by atoms with Crippen molar-refractivity contribution in [1.82, 2.24) is 9.55 Å². The van der Waals surface area contributed by atoms with Crippen LogP contribution in [0.4, 0.5) is 5.69 Å². The standard InChI is InChI=1S/C21H21N3O2S/c1-3-13-24-19(16-9-11-18(26-2)12-10-16)14-22-21(24)27-15-20(25)23-17-7-5-4-6-8-17/h3-12,14H,1,13,15H2,2H3,(H,23,25). The van der Waals surface area contributed by atoms with Crippen molar-refractivity contribution >= 4 is 23.4 Å². The molecule has 0 atom stereocenters. The quantitative estimate of drug-likeness (QED) is 0.463. The number of nitrogens with zero attached hydrogens (tertiary/aromatic N) is 2. The van der Waals surface area contributed by atoms with Crippen LogP contribution in [-0.2, 0) is 11.3 Å². The molecule has 5 nitrogen and oxygen atoms in total. The summed E-state index contributed by atoms with van der Waals surface area (Å²) in [7, 11) is 1.65. The van der Waals surface area contributed by atoms with E-state index < -0.39 is 0 Å². The summed E-state index contributed by atoms with van der Waals surface area (Å²) < 4.78 is 7.27. The lowest BCUT2D eigenvalue weighted by Crippen LogP contribution is -2.14. The maximum absolute atomic E-state index is 12.2. The maximum Gasteiger partial charge on any atom is 0.234 e. The van der Waals surface area contributed by atoms with Gasteiger partial charge in [-0.05, 0) is 36.4 Å². The van der Waals surface area contributed by atoms with Crippen LogP contribution < -0.4 is 10.1 Å². The monoisotopic (exact) mass is 379 g/mol. The number of benzene rings is 2. The highest BCUT2D eigenvalue weighted by molar-refractivity contribution is 7.99. The molecule has 1 aromatic heterocycles. The first-order valence-electron chi connectivity index (χ1n) is 8.50. The van der Waals surface area contributed by atoms with Gasteiger partial charge in [0.05, 0.1) is 24.8 Å². The first kappa shape index (κ1) is 18.8. The molecule has 1 heterocycles. The van der Waals surface area contributed by atoms with Crippen molar-refractivity contribution < 1.29 is 9.53 Å². The van der Waals surface area contributed by atoms with Crippen molar-refractivity contribution in [2.24, 2.45) is 0 Å². The fraction of sp³-hybridized carbons (Fsp3) is 0.143. The molecular weight excluding hydrogens is 358 g/mol. The van der Waals surface area contributed by atoms with E-state index in [-0.39, 0.29) is 11.7 Å². The van der Waals surface area contributed by atoms with Gasteiger partial charge in [-0.2, -0.15) is 0 Å². The lowest BCUT2D eigenvalue weighted by Gasteiger charge is -2.10. The van der Waals surface area contributed by atoms with E-state index in [1.807, 2.05) is 66.9 Å². The Hall–Kier alpha value is -2.99. The molecule has 6 heteroatoms. The Labute approximate surface area is 163 Å². The van der Waals surface area contributed by atoms with Gasteiger partial charge in [0.25, 0.3) is 0 Å².